The zero-order chi connectivity index (χ0) is 9.84. The summed E-state index contributed by atoms with van der Waals surface area (Å²) in [5, 5.41) is 8.49. The molecule has 1 aromatic heterocycles. The third-order valence-electron chi connectivity index (χ3n) is 1.19. The predicted octanol–water partition coefficient (Wildman–Crippen LogP) is 0.733. The Hall–Kier alpha value is -0.720. The molecule has 0 spiro atoms. The van der Waals surface area contributed by atoms with Crippen molar-refractivity contribution < 1.29 is 23.4 Å². The van der Waals surface area contributed by atoms with Gasteiger partial charge in [-0.1, -0.05) is 0 Å². The van der Waals surface area contributed by atoms with Gasteiger partial charge in [-0.15, -0.1) is 0 Å². The molecule has 1 N–H and O–H groups in total. The number of ether oxygens (including phenoxy) is 1. The number of carboxylic acids is 1. The zero-order valence-electron chi connectivity index (χ0n) is 6.28. The van der Waals surface area contributed by atoms with Crippen LogP contribution in [0.3, 0.4) is 0 Å². The third-order valence-corrected chi connectivity index (χ3v) is 1.19. The van der Waals surface area contributed by atoms with Crippen LogP contribution in [0.15, 0.2) is 18.3 Å². The van der Waals surface area contributed by atoms with E-state index < -0.39 is 24.0 Å². The van der Waals surface area contributed by atoms with Gasteiger partial charge < -0.3 is 9.84 Å². The number of aromatic nitrogens is 1. The molecule has 14 heavy (non-hydrogen) atoms. The Kier molecular flexibility index (Phi) is 5.59. The van der Waals surface area contributed by atoms with E-state index in [0.29, 0.717) is 0 Å². The number of alkyl halides is 2. The standard InChI is InChI=1S/C7H5F2NO3.Na.H/c8-7(9)13-4-2-1-3-10-5(4)6(11)12;;/h1-3,7H,(H,11,12);;. The fourth-order valence-electron chi connectivity index (χ4n) is 0.742. The molecular formula is C7H6F2NNaO3. The summed E-state index contributed by atoms with van der Waals surface area (Å²) in [7, 11) is 0. The molecule has 0 fully saturated rings. The van der Waals surface area contributed by atoms with Crippen molar-refractivity contribution in [3.05, 3.63) is 24.0 Å². The minimum atomic E-state index is -3.05. The van der Waals surface area contributed by atoms with Crippen molar-refractivity contribution in [2.45, 2.75) is 6.61 Å². The van der Waals surface area contributed by atoms with Gasteiger partial charge in [0.1, 0.15) is 0 Å². The molecular weight excluding hydrogens is 207 g/mol. The molecule has 0 bridgehead atoms. The molecule has 0 aliphatic heterocycles. The van der Waals surface area contributed by atoms with Crippen molar-refractivity contribution >= 4 is 35.5 Å². The van der Waals surface area contributed by atoms with Crippen LogP contribution >= 0.6 is 0 Å². The Morgan fingerprint density at radius 3 is 2.71 bits per heavy atom. The molecule has 1 heterocycles. The van der Waals surface area contributed by atoms with E-state index in [9.17, 15) is 13.6 Å². The summed E-state index contributed by atoms with van der Waals surface area (Å²) >= 11 is 0. The molecule has 0 atom stereocenters. The van der Waals surface area contributed by atoms with Crippen molar-refractivity contribution in [3.63, 3.8) is 0 Å². The Balaban J connectivity index is 0.00000169. The van der Waals surface area contributed by atoms with Crippen LogP contribution in [0, 0.1) is 0 Å². The molecule has 0 aliphatic carbocycles. The average Bonchev–Trinajstić information content (AvgIpc) is 2.03. The number of carboxylic acid groups (broad SMARTS) is 1. The first-order valence-corrected chi connectivity index (χ1v) is 3.24. The van der Waals surface area contributed by atoms with Crippen LogP contribution in [0.4, 0.5) is 8.78 Å². The van der Waals surface area contributed by atoms with Gasteiger partial charge in [0, 0.05) is 6.20 Å². The van der Waals surface area contributed by atoms with Gasteiger partial charge in [0.2, 0.25) is 0 Å². The normalized spacial score (nSPS) is 9.36. The Bertz CT molecular complexity index is 322. The second-order valence-corrected chi connectivity index (χ2v) is 2.03. The third kappa shape index (κ3) is 3.57. The Labute approximate surface area is 100 Å². The maximum atomic E-state index is 11.7. The second-order valence-electron chi connectivity index (χ2n) is 2.03. The topological polar surface area (TPSA) is 59.4 Å². The van der Waals surface area contributed by atoms with E-state index in [-0.39, 0.29) is 29.6 Å². The van der Waals surface area contributed by atoms with Crippen LogP contribution < -0.4 is 4.74 Å². The van der Waals surface area contributed by atoms with E-state index in [4.69, 9.17) is 5.11 Å². The molecule has 0 saturated carbocycles. The summed E-state index contributed by atoms with van der Waals surface area (Å²) in [6.45, 7) is -3.05. The van der Waals surface area contributed by atoms with E-state index in [0.717, 1.165) is 6.07 Å². The first kappa shape index (κ1) is 13.3. The molecule has 4 nitrogen and oxygen atoms in total. The van der Waals surface area contributed by atoms with Crippen LogP contribution in [-0.4, -0.2) is 52.2 Å². The van der Waals surface area contributed by atoms with Gasteiger partial charge in [-0.05, 0) is 12.1 Å². The van der Waals surface area contributed by atoms with Gasteiger partial charge >= 0.3 is 42.1 Å². The van der Waals surface area contributed by atoms with Gasteiger partial charge in [0.25, 0.3) is 0 Å². The summed E-state index contributed by atoms with van der Waals surface area (Å²) in [5.41, 5.74) is -0.525. The average molecular weight is 213 g/mol. The summed E-state index contributed by atoms with van der Waals surface area (Å²) in [4.78, 5) is 13.8. The van der Waals surface area contributed by atoms with Gasteiger partial charge in [-0.3, -0.25) is 0 Å². The molecule has 1 rings (SSSR count). The SMILES string of the molecule is O=C(O)c1ncccc1OC(F)F.[NaH]. The molecule has 1 aromatic rings. The van der Waals surface area contributed by atoms with Crippen LogP contribution in [0.1, 0.15) is 10.5 Å². The molecule has 7 heteroatoms. The Morgan fingerprint density at radius 1 is 1.57 bits per heavy atom. The first-order chi connectivity index (χ1) is 6.11. The number of rotatable bonds is 3. The second kappa shape index (κ2) is 5.90. The summed E-state index contributed by atoms with van der Waals surface area (Å²) in [6, 6.07) is 2.42. The summed E-state index contributed by atoms with van der Waals surface area (Å²) < 4.78 is 27.4. The maximum absolute atomic E-state index is 11.7. The van der Waals surface area contributed by atoms with Crippen molar-refractivity contribution in [1.82, 2.24) is 4.98 Å². The van der Waals surface area contributed by atoms with Crippen LogP contribution in [0.2, 0.25) is 0 Å². The molecule has 72 valence electrons. The fraction of sp³-hybridized carbons (Fsp3) is 0.143. The van der Waals surface area contributed by atoms with Gasteiger partial charge in [0.05, 0.1) is 0 Å². The van der Waals surface area contributed by atoms with Gasteiger partial charge in [-0.25, -0.2) is 9.78 Å². The quantitative estimate of drug-likeness (QED) is 0.752. The fourth-order valence-corrected chi connectivity index (χ4v) is 0.742. The van der Waals surface area contributed by atoms with E-state index >= 15 is 0 Å². The van der Waals surface area contributed by atoms with Crippen molar-refractivity contribution in [2.24, 2.45) is 0 Å². The monoisotopic (exact) mass is 213 g/mol. The number of pyridine rings is 1. The van der Waals surface area contributed by atoms with E-state index in [1.165, 1.54) is 12.3 Å². The van der Waals surface area contributed by atoms with Crippen molar-refractivity contribution in [2.75, 3.05) is 0 Å². The number of nitrogens with zero attached hydrogens (tertiary/aromatic N) is 1. The molecule has 0 unspecified atom stereocenters. The van der Waals surface area contributed by atoms with Crippen molar-refractivity contribution in [3.8, 4) is 5.75 Å². The number of hydrogen-bond acceptors (Lipinski definition) is 3. The van der Waals surface area contributed by atoms with Crippen LogP contribution in [0.5, 0.6) is 5.75 Å². The molecule has 0 aromatic carbocycles. The number of halogens is 2. The van der Waals surface area contributed by atoms with Gasteiger partial charge in [-0.2, -0.15) is 8.78 Å². The minimum absolute atomic E-state index is 0. The first-order valence-electron chi connectivity index (χ1n) is 3.24. The van der Waals surface area contributed by atoms with E-state index in [2.05, 4.69) is 9.72 Å². The zero-order valence-corrected chi connectivity index (χ0v) is 6.28. The van der Waals surface area contributed by atoms with E-state index in [1.807, 2.05) is 0 Å². The number of carbonyl (C=O) groups is 1. The number of hydrogen-bond donors (Lipinski definition) is 1. The summed E-state index contributed by atoms with van der Waals surface area (Å²) in [6.07, 6.45) is 1.18. The predicted molar refractivity (Wildman–Crippen MR) is 45.0 cm³/mol. The van der Waals surface area contributed by atoms with Crippen LogP contribution in [0.25, 0.3) is 0 Å². The molecule has 0 saturated heterocycles. The molecule has 0 radical (unpaired) electrons. The Morgan fingerprint density at radius 2 is 2.21 bits per heavy atom. The molecule has 0 amide bonds. The van der Waals surface area contributed by atoms with Crippen LogP contribution in [-0.2, 0) is 0 Å². The van der Waals surface area contributed by atoms with E-state index in [1.54, 1.807) is 0 Å². The van der Waals surface area contributed by atoms with Gasteiger partial charge in [0.15, 0.2) is 11.4 Å². The summed E-state index contributed by atoms with van der Waals surface area (Å²) in [5.74, 6) is -1.85. The molecule has 0 aliphatic rings. The number of aromatic carboxylic acids is 1. The van der Waals surface area contributed by atoms with Crippen molar-refractivity contribution in [1.29, 1.82) is 0 Å².